The first kappa shape index (κ1) is 20.4. The zero-order chi connectivity index (χ0) is 21.2. The van der Waals surface area contributed by atoms with Crippen molar-refractivity contribution in [2.24, 2.45) is 5.92 Å². The standard InChI is InChI=1S/C24H31N5O2/c30-23-19-16-28(15-17-6-4-11-25-14-17)13-10-20(19)26-22(27-23)21-9-5-12-29(21)24(31)18-7-2-1-3-8-18/h4,6,11,14,18,21H,1-3,5,7-10,12-13,15-16H2,(H,26,27,30). The molecule has 31 heavy (non-hydrogen) atoms. The van der Waals surface area contributed by atoms with E-state index in [0.29, 0.717) is 12.4 Å². The molecule has 2 aliphatic heterocycles. The highest BCUT2D eigenvalue weighted by Gasteiger charge is 2.36. The lowest BCUT2D eigenvalue weighted by atomic mass is 9.88. The van der Waals surface area contributed by atoms with E-state index in [1.165, 1.54) is 6.42 Å². The largest absolute Gasteiger partial charge is 0.332 e. The van der Waals surface area contributed by atoms with Gasteiger partial charge >= 0.3 is 0 Å². The van der Waals surface area contributed by atoms with E-state index in [2.05, 4.69) is 20.9 Å². The SMILES string of the molecule is O=C(C1CCCCC1)N1CCCC1c1nc2c(c(=O)[nH]1)CN(Cc1cccnc1)CC2. The minimum absolute atomic E-state index is 0.0483. The van der Waals surface area contributed by atoms with Crippen molar-refractivity contribution in [3.63, 3.8) is 0 Å². The van der Waals surface area contributed by atoms with Crippen molar-refractivity contribution in [3.8, 4) is 0 Å². The van der Waals surface area contributed by atoms with Crippen LogP contribution in [0.3, 0.4) is 0 Å². The van der Waals surface area contributed by atoms with Gasteiger partial charge in [0.05, 0.1) is 17.3 Å². The lowest BCUT2D eigenvalue weighted by molar-refractivity contribution is -0.137. The Morgan fingerprint density at radius 2 is 2.00 bits per heavy atom. The average molecular weight is 422 g/mol. The molecule has 1 saturated carbocycles. The van der Waals surface area contributed by atoms with Gasteiger partial charge in [0.1, 0.15) is 5.82 Å². The van der Waals surface area contributed by atoms with Crippen LogP contribution in [0.25, 0.3) is 0 Å². The zero-order valence-electron chi connectivity index (χ0n) is 18.1. The molecule has 0 aromatic carbocycles. The number of H-pyrrole nitrogens is 1. The van der Waals surface area contributed by atoms with E-state index < -0.39 is 0 Å². The highest BCUT2D eigenvalue weighted by atomic mass is 16.2. The number of nitrogens with zero attached hydrogens (tertiary/aromatic N) is 4. The molecule has 7 nitrogen and oxygen atoms in total. The molecule has 3 aliphatic rings. The summed E-state index contributed by atoms with van der Waals surface area (Å²) >= 11 is 0. The summed E-state index contributed by atoms with van der Waals surface area (Å²) in [6, 6.07) is 3.92. The highest BCUT2D eigenvalue weighted by Crippen LogP contribution is 2.34. The van der Waals surface area contributed by atoms with Gasteiger partial charge < -0.3 is 9.88 Å². The number of fused-ring (bicyclic) bond motifs is 1. The molecule has 1 atom stereocenters. The van der Waals surface area contributed by atoms with Gasteiger partial charge in [-0.2, -0.15) is 0 Å². The first-order valence-corrected chi connectivity index (χ1v) is 11.7. The quantitative estimate of drug-likeness (QED) is 0.821. The van der Waals surface area contributed by atoms with Gasteiger partial charge in [0.2, 0.25) is 5.91 Å². The van der Waals surface area contributed by atoms with Crippen molar-refractivity contribution in [1.29, 1.82) is 0 Å². The molecule has 2 fully saturated rings. The first-order chi connectivity index (χ1) is 15.2. The number of aromatic nitrogens is 3. The van der Waals surface area contributed by atoms with Gasteiger partial charge in [-0.3, -0.25) is 19.5 Å². The van der Waals surface area contributed by atoms with Crippen molar-refractivity contribution in [3.05, 3.63) is 57.5 Å². The van der Waals surface area contributed by atoms with E-state index in [1.807, 2.05) is 17.2 Å². The fourth-order valence-corrected chi connectivity index (χ4v) is 5.44. The number of pyridine rings is 1. The van der Waals surface area contributed by atoms with Crippen molar-refractivity contribution >= 4 is 5.91 Å². The van der Waals surface area contributed by atoms with E-state index in [4.69, 9.17) is 4.98 Å². The Balaban J connectivity index is 1.33. The minimum atomic E-state index is -0.0825. The maximum atomic E-state index is 13.2. The molecule has 0 spiro atoms. The van der Waals surface area contributed by atoms with Gasteiger partial charge in [-0.25, -0.2) is 4.98 Å². The number of aromatic amines is 1. The fourth-order valence-electron chi connectivity index (χ4n) is 5.44. The number of carbonyl (C=O) groups is 1. The van der Waals surface area contributed by atoms with E-state index in [-0.39, 0.29) is 23.4 Å². The molecule has 5 rings (SSSR count). The second-order valence-corrected chi connectivity index (χ2v) is 9.22. The molecule has 4 heterocycles. The highest BCUT2D eigenvalue weighted by molar-refractivity contribution is 5.79. The number of hydrogen-bond acceptors (Lipinski definition) is 5. The smallest absolute Gasteiger partial charge is 0.255 e. The van der Waals surface area contributed by atoms with Gasteiger partial charge in [-0.1, -0.05) is 25.3 Å². The van der Waals surface area contributed by atoms with Crippen LogP contribution in [0.2, 0.25) is 0 Å². The number of rotatable bonds is 4. The van der Waals surface area contributed by atoms with Gasteiger partial charge in [0.25, 0.3) is 5.56 Å². The fraction of sp³-hybridized carbons (Fsp3) is 0.583. The Labute approximate surface area is 182 Å². The van der Waals surface area contributed by atoms with Gasteiger partial charge in [-0.15, -0.1) is 0 Å². The van der Waals surface area contributed by atoms with Crippen LogP contribution in [0.1, 0.15) is 73.6 Å². The Hall–Kier alpha value is -2.54. The third kappa shape index (κ3) is 4.28. The topological polar surface area (TPSA) is 82.2 Å². The number of hydrogen-bond donors (Lipinski definition) is 1. The van der Waals surface area contributed by atoms with Gasteiger partial charge in [-0.05, 0) is 37.3 Å². The molecule has 7 heteroatoms. The monoisotopic (exact) mass is 421 g/mol. The molecule has 0 radical (unpaired) electrons. The summed E-state index contributed by atoms with van der Waals surface area (Å²) in [5.74, 6) is 1.11. The summed E-state index contributed by atoms with van der Waals surface area (Å²) < 4.78 is 0. The summed E-state index contributed by atoms with van der Waals surface area (Å²) in [6.07, 6.45) is 11.8. The molecule has 1 N–H and O–H groups in total. The third-order valence-electron chi connectivity index (χ3n) is 7.10. The lowest BCUT2D eigenvalue weighted by Crippen LogP contribution is -2.39. The molecule has 0 bridgehead atoms. The van der Waals surface area contributed by atoms with Crippen molar-refractivity contribution in [2.75, 3.05) is 13.1 Å². The maximum Gasteiger partial charge on any atom is 0.255 e. The van der Waals surface area contributed by atoms with Crippen LogP contribution < -0.4 is 5.56 Å². The molecule has 2 aromatic heterocycles. The summed E-state index contributed by atoms with van der Waals surface area (Å²) in [6.45, 7) is 3.02. The summed E-state index contributed by atoms with van der Waals surface area (Å²) in [4.78, 5) is 42.5. The Morgan fingerprint density at radius 1 is 1.13 bits per heavy atom. The third-order valence-corrected chi connectivity index (χ3v) is 7.10. The molecule has 1 unspecified atom stereocenters. The molecule has 1 saturated heterocycles. The molecular formula is C24H31N5O2. The van der Waals surface area contributed by atoms with Crippen molar-refractivity contribution < 1.29 is 4.79 Å². The second-order valence-electron chi connectivity index (χ2n) is 9.22. The number of likely N-dealkylation sites (tertiary alicyclic amines) is 1. The predicted molar refractivity (Wildman–Crippen MR) is 117 cm³/mol. The van der Waals surface area contributed by atoms with Crippen LogP contribution in [0.5, 0.6) is 0 Å². The van der Waals surface area contributed by atoms with Crippen LogP contribution in [0.15, 0.2) is 29.3 Å². The number of nitrogens with one attached hydrogen (secondary N) is 1. The van der Waals surface area contributed by atoms with Gasteiger partial charge in [0.15, 0.2) is 0 Å². The predicted octanol–water partition coefficient (Wildman–Crippen LogP) is 2.97. The summed E-state index contributed by atoms with van der Waals surface area (Å²) in [5.41, 5.74) is 2.77. The molecule has 1 aliphatic carbocycles. The number of amides is 1. The van der Waals surface area contributed by atoms with E-state index >= 15 is 0 Å². The molecular weight excluding hydrogens is 390 g/mol. The van der Waals surface area contributed by atoms with Crippen LogP contribution in [0, 0.1) is 5.92 Å². The Bertz CT molecular complexity index is 983. The van der Waals surface area contributed by atoms with Crippen molar-refractivity contribution in [2.45, 2.75) is 70.5 Å². The summed E-state index contributed by atoms with van der Waals surface area (Å²) in [5, 5.41) is 0. The second kappa shape index (κ2) is 8.91. The summed E-state index contributed by atoms with van der Waals surface area (Å²) in [7, 11) is 0. The van der Waals surface area contributed by atoms with E-state index in [1.54, 1.807) is 6.20 Å². The molecule has 164 valence electrons. The van der Waals surface area contributed by atoms with Crippen LogP contribution in [-0.4, -0.2) is 43.7 Å². The maximum absolute atomic E-state index is 13.2. The zero-order valence-corrected chi connectivity index (χ0v) is 18.1. The van der Waals surface area contributed by atoms with E-state index in [9.17, 15) is 9.59 Å². The normalized spacial score (nSPS) is 22.5. The minimum Gasteiger partial charge on any atom is -0.332 e. The first-order valence-electron chi connectivity index (χ1n) is 11.7. The lowest BCUT2D eigenvalue weighted by Gasteiger charge is -2.31. The number of carbonyl (C=O) groups excluding carboxylic acids is 1. The van der Waals surface area contributed by atoms with E-state index in [0.717, 1.165) is 81.4 Å². The van der Waals surface area contributed by atoms with Gasteiger partial charge in [0, 0.05) is 50.9 Å². The van der Waals surface area contributed by atoms with Crippen LogP contribution in [-0.2, 0) is 24.3 Å². The van der Waals surface area contributed by atoms with Crippen molar-refractivity contribution in [1.82, 2.24) is 24.8 Å². The molecule has 1 amide bonds. The average Bonchev–Trinajstić information content (AvgIpc) is 3.30. The van der Waals surface area contributed by atoms with Crippen LogP contribution >= 0.6 is 0 Å². The Kier molecular flexibility index (Phi) is 5.85. The molecule has 2 aromatic rings. The Morgan fingerprint density at radius 3 is 2.81 bits per heavy atom. The van der Waals surface area contributed by atoms with Crippen LogP contribution in [0.4, 0.5) is 0 Å².